The van der Waals surface area contributed by atoms with Crippen molar-refractivity contribution in [1.82, 2.24) is 0 Å². The molecule has 0 N–H and O–H groups in total. The molecule has 2 aliphatic heterocycles. The molecule has 0 saturated heterocycles. The van der Waals surface area contributed by atoms with Gasteiger partial charge in [0, 0.05) is 5.56 Å². The Morgan fingerprint density at radius 2 is 2.00 bits per heavy atom. The Bertz CT molecular complexity index is 625. The highest BCUT2D eigenvalue weighted by Gasteiger charge is 2.64. The first-order valence-corrected chi connectivity index (χ1v) is 7.34. The summed E-state index contributed by atoms with van der Waals surface area (Å²) in [4.78, 5) is 24.6. The lowest BCUT2D eigenvalue weighted by Gasteiger charge is -2.26. The molecule has 21 heavy (non-hydrogen) atoms. The highest BCUT2D eigenvalue weighted by Crippen LogP contribution is 2.58. The van der Waals surface area contributed by atoms with Crippen LogP contribution in [-0.2, 0) is 19.9 Å². The van der Waals surface area contributed by atoms with E-state index in [1.165, 1.54) is 0 Å². The van der Waals surface area contributed by atoms with Gasteiger partial charge in [-0.05, 0) is 18.8 Å². The Balaban J connectivity index is 2.01. The predicted molar refractivity (Wildman–Crippen MR) is 74.1 cm³/mol. The summed E-state index contributed by atoms with van der Waals surface area (Å²) in [5.74, 6) is -0.106. The van der Waals surface area contributed by atoms with E-state index in [1.54, 1.807) is 6.92 Å². The van der Waals surface area contributed by atoms with Gasteiger partial charge in [-0.3, -0.25) is 4.79 Å². The number of hydrogen-bond donors (Lipinski definition) is 0. The molecule has 2 aliphatic rings. The van der Waals surface area contributed by atoms with E-state index in [0.717, 1.165) is 5.56 Å². The minimum atomic E-state index is -1.03. The predicted octanol–water partition coefficient (Wildman–Crippen LogP) is 3.09. The molecule has 0 fully saturated rings. The Kier molecular flexibility index (Phi) is 2.94. The molecule has 5 nitrogen and oxygen atoms in total. The zero-order valence-electron chi connectivity index (χ0n) is 13.0. The average molecular weight is 292 g/mol. The van der Waals surface area contributed by atoms with Gasteiger partial charge in [0.1, 0.15) is 11.3 Å². The van der Waals surface area contributed by atoms with Gasteiger partial charge in [-0.25, -0.2) is 4.79 Å². The third-order valence-electron chi connectivity index (χ3n) is 4.12. The van der Waals surface area contributed by atoms with Crippen molar-refractivity contribution in [3.05, 3.63) is 22.6 Å². The number of fused-ring (bicyclic) bond motifs is 1. The Morgan fingerprint density at radius 1 is 1.33 bits per heavy atom. The van der Waals surface area contributed by atoms with E-state index in [1.807, 2.05) is 27.7 Å². The van der Waals surface area contributed by atoms with Crippen LogP contribution in [0.25, 0.3) is 0 Å². The number of ether oxygens (including phenoxy) is 2. The third kappa shape index (κ3) is 1.76. The van der Waals surface area contributed by atoms with Gasteiger partial charge in [0.25, 0.3) is 0 Å². The smallest absolute Gasteiger partial charge is 0.343 e. The van der Waals surface area contributed by atoms with Crippen molar-refractivity contribution in [2.24, 2.45) is 5.92 Å². The second-order valence-corrected chi connectivity index (χ2v) is 6.69. The fraction of sp³-hybridized carbons (Fsp3) is 0.625. The SMILES string of the molecule is CC(C)COC(=O)C1c2oc3c(c2C(C)C)C(=O)OC31C. The van der Waals surface area contributed by atoms with Gasteiger partial charge < -0.3 is 13.9 Å². The third-order valence-corrected chi connectivity index (χ3v) is 4.12. The quantitative estimate of drug-likeness (QED) is 0.798. The van der Waals surface area contributed by atoms with Crippen LogP contribution in [0.3, 0.4) is 0 Å². The van der Waals surface area contributed by atoms with Crippen LogP contribution in [-0.4, -0.2) is 18.5 Å². The monoisotopic (exact) mass is 292 g/mol. The zero-order valence-corrected chi connectivity index (χ0v) is 13.0. The maximum atomic E-state index is 12.5. The zero-order chi connectivity index (χ0) is 15.5. The van der Waals surface area contributed by atoms with Crippen molar-refractivity contribution < 1.29 is 23.5 Å². The first-order valence-electron chi connectivity index (χ1n) is 7.34. The van der Waals surface area contributed by atoms with Gasteiger partial charge >= 0.3 is 11.9 Å². The van der Waals surface area contributed by atoms with E-state index in [2.05, 4.69) is 0 Å². The molecule has 1 aromatic heterocycles. The minimum Gasteiger partial charge on any atom is -0.465 e. The Morgan fingerprint density at radius 3 is 2.57 bits per heavy atom. The van der Waals surface area contributed by atoms with Gasteiger partial charge in [-0.15, -0.1) is 0 Å². The summed E-state index contributed by atoms with van der Waals surface area (Å²) in [6, 6.07) is 0. The molecule has 114 valence electrons. The fourth-order valence-electron chi connectivity index (χ4n) is 3.20. The largest absolute Gasteiger partial charge is 0.465 e. The lowest BCUT2D eigenvalue weighted by molar-refractivity contribution is -0.152. The number of hydrogen-bond acceptors (Lipinski definition) is 5. The van der Waals surface area contributed by atoms with Crippen molar-refractivity contribution in [3.63, 3.8) is 0 Å². The van der Waals surface area contributed by atoms with Gasteiger partial charge in [-0.2, -0.15) is 0 Å². The van der Waals surface area contributed by atoms with Crippen LogP contribution in [0.15, 0.2) is 4.42 Å². The number of esters is 2. The molecule has 0 amide bonds. The molecule has 3 heterocycles. The summed E-state index contributed by atoms with van der Waals surface area (Å²) in [6.07, 6.45) is 0. The van der Waals surface area contributed by atoms with Crippen LogP contribution in [0, 0.1) is 5.92 Å². The molecule has 0 aliphatic carbocycles. The van der Waals surface area contributed by atoms with Crippen LogP contribution < -0.4 is 0 Å². The fourth-order valence-corrected chi connectivity index (χ4v) is 3.20. The van der Waals surface area contributed by atoms with Crippen molar-refractivity contribution in [2.45, 2.75) is 52.1 Å². The second-order valence-electron chi connectivity index (χ2n) is 6.69. The van der Waals surface area contributed by atoms with Gasteiger partial charge in [0.05, 0.1) is 6.61 Å². The van der Waals surface area contributed by atoms with E-state index < -0.39 is 17.5 Å². The summed E-state index contributed by atoms with van der Waals surface area (Å²) < 4.78 is 16.6. The van der Waals surface area contributed by atoms with Gasteiger partial charge in [-0.1, -0.05) is 27.7 Å². The molecule has 0 radical (unpaired) electrons. The van der Waals surface area contributed by atoms with Crippen molar-refractivity contribution >= 4 is 11.9 Å². The van der Waals surface area contributed by atoms with Crippen LogP contribution in [0.5, 0.6) is 0 Å². The van der Waals surface area contributed by atoms with Crippen LogP contribution in [0.2, 0.25) is 0 Å². The molecule has 0 spiro atoms. The van der Waals surface area contributed by atoms with E-state index in [0.29, 0.717) is 23.7 Å². The average Bonchev–Trinajstić information content (AvgIpc) is 2.92. The molecule has 2 unspecified atom stereocenters. The molecule has 2 atom stereocenters. The van der Waals surface area contributed by atoms with Crippen LogP contribution in [0.1, 0.15) is 73.9 Å². The molecular weight excluding hydrogens is 272 g/mol. The number of rotatable bonds is 4. The molecular formula is C16H20O5. The second kappa shape index (κ2) is 4.36. The highest BCUT2D eigenvalue weighted by atomic mass is 16.6. The number of furan rings is 1. The van der Waals surface area contributed by atoms with E-state index in [-0.39, 0.29) is 17.8 Å². The summed E-state index contributed by atoms with van der Waals surface area (Å²) >= 11 is 0. The summed E-state index contributed by atoms with van der Waals surface area (Å²) in [5, 5.41) is 0. The maximum absolute atomic E-state index is 12.5. The topological polar surface area (TPSA) is 65.7 Å². The number of carbonyl (C=O) groups excluding carboxylic acids is 2. The van der Waals surface area contributed by atoms with Crippen LogP contribution in [0.4, 0.5) is 0 Å². The normalized spacial score (nSPS) is 25.9. The summed E-state index contributed by atoms with van der Waals surface area (Å²) in [7, 11) is 0. The summed E-state index contributed by atoms with van der Waals surface area (Å²) in [5.41, 5.74) is 0.265. The van der Waals surface area contributed by atoms with Gasteiger partial charge in [0.2, 0.25) is 0 Å². The van der Waals surface area contributed by atoms with E-state index in [4.69, 9.17) is 13.9 Å². The standard InChI is InChI=1S/C16H20O5/c1-7(2)6-19-15(18)11-12-9(8(3)4)10-13(20-12)16(11,5)21-14(10)17/h7-8,11H,6H2,1-5H3. The molecule has 1 aromatic rings. The summed E-state index contributed by atoms with van der Waals surface area (Å²) in [6.45, 7) is 9.95. The molecule has 0 saturated carbocycles. The Hall–Kier alpha value is -1.78. The maximum Gasteiger partial charge on any atom is 0.343 e. The number of carbonyl (C=O) groups is 2. The van der Waals surface area contributed by atoms with Crippen LogP contribution >= 0.6 is 0 Å². The van der Waals surface area contributed by atoms with E-state index >= 15 is 0 Å². The lowest BCUT2D eigenvalue weighted by Crippen LogP contribution is -2.35. The molecule has 0 aromatic carbocycles. The molecule has 2 bridgehead atoms. The first-order chi connectivity index (χ1) is 9.77. The molecule has 5 heteroatoms. The van der Waals surface area contributed by atoms with E-state index in [9.17, 15) is 9.59 Å². The van der Waals surface area contributed by atoms with Gasteiger partial charge in [0.15, 0.2) is 17.3 Å². The minimum absolute atomic E-state index is 0.0862. The highest BCUT2D eigenvalue weighted by molar-refractivity contribution is 6.00. The van der Waals surface area contributed by atoms with Crippen molar-refractivity contribution in [2.75, 3.05) is 6.61 Å². The molecule has 3 rings (SSSR count). The Labute approximate surface area is 123 Å². The first kappa shape index (κ1) is 14.2. The van der Waals surface area contributed by atoms with Crippen molar-refractivity contribution in [3.8, 4) is 0 Å². The lowest BCUT2D eigenvalue weighted by atomic mass is 9.78. The van der Waals surface area contributed by atoms with Crippen molar-refractivity contribution in [1.29, 1.82) is 0 Å².